The molecule has 4 nitrogen and oxygen atoms in total. The quantitative estimate of drug-likeness (QED) is 0.793. The van der Waals surface area contributed by atoms with Gasteiger partial charge in [0.2, 0.25) is 0 Å². The highest BCUT2D eigenvalue weighted by Gasteiger charge is 2.02. The van der Waals surface area contributed by atoms with Gasteiger partial charge < -0.3 is 5.32 Å². The Labute approximate surface area is 108 Å². The fraction of sp³-hybridized carbons (Fsp3) is 0.429. The van der Waals surface area contributed by atoms with E-state index in [9.17, 15) is 0 Å². The number of aryl methyl sites for hydroxylation is 1. The topological polar surface area (TPSA) is 42.7 Å². The Kier molecular flexibility index (Phi) is 4.47. The summed E-state index contributed by atoms with van der Waals surface area (Å²) < 4.78 is 1.91. The molecule has 0 aliphatic carbocycles. The van der Waals surface area contributed by atoms with Crippen molar-refractivity contribution in [2.75, 3.05) is 6.54 Å². The molecule has 1 heterocycles. The van der Waals surface area contributed by atoms with E-state index < -0.39 is 0 Å². The zero-order valence-electron chi connectivity index (χ0n) is 11.0. The SMILES string of the molecule is CC(C)NCCCn1cc(-c2ccccc2)nn1. The second kappa shape index (κ2) is 6.31. The lowest BCUT2D eigenvalue weighted by molar-refractivity contribution is 0.505. The average molecular weight is 244 g/mol. The van der Waals surface area contributed by atoms with Crippen LogP contribution in [0.2, 0.25) is 0 Å². The maximum Gasteiger partial charge on any atom is 0.113 e. The standard InChI is InChI=1S/C14H20N4/c1-12(2)15-9-6-10-18-11-14(16-17-18)13-7-4-3-5-8-13/h3-5,7-8,11-12,15H,6,9-10H2,1-2H3. The van der Waals surface area contributed by atoms with Crippen LogP contribution in [0.5, 0.6) is 0 Å². The highest BCUT2D eigenvalue weighted by Crippen LogP contribution is 2.14. The molecule has 0 aliphatic rings. The van der Waals surface area contributed by atoms with E-state index in [0.29, 0.717) is 6.04 Å². The highest BCUT2D eigenvalue weighted by molar-refractivity contribution is 5.56. The Morgan fingerprint density at radius 3 is 2.72 bits per heavy atom. The van der Waals surface area contributed by atoms with Crippen LogP contribution in [0.25, 0.3) is 11.3 Å². The lowest BCUT2D eigenvalue weighted by Crippen LogP contribution is -2.24. The molecule has 0 amide bonds. The minimum atomic E-state index is 0.542. The van der Waals surface area contributed by atoms with Gasteiger partial charge in [0.05, 0.1) is 6.20 Å². The summed E-state index contributed by atoms with van der Waals surface area (Å²) in [6.07, 6.45) is 3.07. The number of aromatic nitrogens is 3. The molecule has 0 saturated heterocycles. The molecule has 96 valence electrons. The van der Waals surface area contributed by atoms with Gasteiger partial charge in [0, 0.05) is 18.2 Å². The lowest BCUT2D eigenvalue weighted by Gasteiger charge is -2.06. The normalized spacial score (nSPS) is 11.1. The van der Waals surface area contributed by atoms with Gasteiger partial charge in [-0.05, 0) is 13.0 Å². The van der Waals surface area contributed by atoms with Gasteiger partial charge in [-0.25, -0.2) is 0 Å². The Hall–Kier alpha value is -1.68. The summed E-state index contributed by atoms with van der Waals surface area (Å²) in [5.41, 5.74) is 2.05. The van der Waals surface area contributed by atoms with E-state index >= 15 is 0 Å². The number of rotatable bonds is 6. The van der Waals surface area contributed by atoms with Gasteiger partial charge in [-0.3, -0.25) is 4.68 Å². The van der Waals surface area contributed by atoms with Gasteiger partial charge >= 0.3 is 0 Å². The predicted molar refractivity (Wildman–Crippen MR) is 73.2 cm³/mol. The fourth-order valence-electron chi connectivity index (χ4n) is 1.78. The minimum Gasteiger partial charge on any atom is -0.314 e. The van der Waals surface area contributed by atoms with Crippen LogP contribution in [-0.2, 0) is 6.54 Å². The van der Waals surface area contributed by atoms with E-state index in [4.69, 9.17) is 0 Å². The van der Waals surface area contributed by atoms with E-state index in [1.165, 1.54) is 0 Å². The molecule has 0 atom stereocenters. The van der Waals surface area contributed by atoms with Crippen molar-refractivity contribution in [2.45, 2.75) is 32.9 Å². The van der Waals surface area contributed by atoms with Crippen LogP contribution >= 0.6 is 0 Å². The van der Waals surface area contributed by atoms with E-state index in [1.54, 1.807) is 0 Å². The molecule has 1 aromatic carbocycles. The van der Waals surface area contributed by atoms with E-state index in [-0.39, 0.29) is 0 Å². The minimum absolute atomic E-state index is 0.542. The van der Waals surface area contributed by atoms with E-state index in [0.717, 1.165) is 30.8 Å². The van der Waals surface area contributed by atoms with Crippen LogP contribution in [0.15, 0.2) is 36.5 Å². The average Bonchev–Trinajstić information content (AvgIpc) is 2.84. The maximum absolute atomic E-state index is 4.19. The smallest absolute Gasteiger partial charge is 0.113 e. The molecule has 1 N–H and O–H groups in total. The Balaban J connectivity index is 1.87. The predicted octanol–water partition coefficient (Wildman–Crippen LogP) is 2.33. The zero-order chi connectivity index (χ0) is 12.8. The highest BCUT2D eigenvalue weighted by atomic mass is 15.4. The third-order valence-electron chi connectivity index (χ3n) is 2.72. The molecule has 2 aromatic rings. The molecule has 0 bridgehead atoms. The van der Waals surface area contributed by atoms with Crippen LogP contribution < -0.4 is 5.32 Å². The summed E-state index contributed by atoms with van der Waals surface area (Å²) in [7, 11) is 0. The largest absolute Gasteiger partial charge is 0.314 e. The number of nitrogens with one attached hydrogen (secondary N) is 1. The van der Waals surface area contributed by atoms with Crippen molar-refractivity contribution in [3.8, 4) is 11.3 Å². The van der Waals surface area contributed by atoms with Crippen LogP contribution in [-0.4, -0.2) is 27.6 Å². The van der Waals surface area contributed by atoms with E-state index in [2.05, 4.69) is 41.6 Å². The molecule has 4 heteroatoms. The van der Waals surface area contributed by atoms with Crippen LogP contribution in [0.4, 0.5) is 0 Å². The second-order valence-electron chi connectivity index (χ2n) is 4.70. The van der Waals surface area contributed by atoms with Crippen molar-refractivity contribution in [1.82, 2.24) is 20.3 Å². The Morgan fingerprint density at radius 2 is 2.00 bits per heavy atom. The molecule has 0 aliphatic heterocycles. The summed E-state index contributed by atoms with van der Waals surface area (Å²) in [4.78, 5) is 0. The summed E-state index contributed by atoms with van der Waals surface area (Å²) in [6.45, 7) is 6.23. The van der Waals surface area contributed by atoms with Crippen LogP contribution in [0.1, 0.15) is 20.3 Å². The first-order chi connectivity index (χ1) is 8.75. The van der Waals surface area contributed by atoms with Gasteiger partial charge in [-0.2, -0.15) is 0 Å². The van der Waals surface area contributed by atoms with Crippen molar-refractivity contribution in [1.29, 1.82) is 0 Å². The molecule has 0 radical (unpaired) electrons. The Bertz CT molecular complexity index is 462. The molecule has 0 spiro atoms. The maximum atomic E-state index is 4.19. The molecule has 0 saturated carbocycles. The molecular formula is C14H20N4. The molecule has 0 fully saturated rings. The van der Waals surface area contributed by atoms with Crippen LogP contribution in [0.3, 0.4) is 0 Å². The first kappa shape index (κ1) is 12.8. The first-order valence-corrected chi connectivity index (χ1v) is 6.44. The number of nitrogens with zero attached hydrogens (tertiary/aromatic N) is 3. The van der Waals surface area contributed by atoms with Gasteiger partial charge in [0.25, 0.3) is 0 Å². The summed E-state index contributed by atoms with van der Waals surface area (Å²) in [5, 5.41) is 11.7. The van der Waals surface area contributed by atoms with Gasteiger partial charge in [0.15, 0.2) is 0 Å². The molecule has 2 rings (SSSR count). The lowest BCUT2D eigenvalue weighted by atomic mass is 10.2. The number of hydrogen-bond acceptors (Lipinski definition) is 3. The van der Waals surface area contributed by atoms with Gasteiger partial charge in [-0.15, -0.1) is 5.10 Å². The van der Waals surface area contributed by atoms with Crippen molar-refractivity contribution in [3.63, 3.8) is 0 Å². The fourth-order valence-corrected chi connectivity index (χ4v) is 1.78. The van der Waals surface area contributed by atoms with Crippen molar-refractivity contribution in [3.05, 3.63) is 36.5 Å². The van der Waals surface area contributed by atoms with Gasteiger partial charge in [-0.1, -0.05) is 49.4 Å². The number of benzene rings is 1. The van der Waals surface area contributed by atoms with Crippen molar-refractivity contribution < 1.29 is 0 Å². The Morgan fingerprint density at radius 1 is 1.22 bits per heavy atom. The summed E-state index contributed by atoms with van der Waals surface area (Å²) in [6, 6.07) is 10.7. The molecule has 18 heavy (non-hydrogen) atoms. The van der Waals surface area contributed by atoms with Crippen molar-refractivity contribution >= 4 is 0 Å². The monoisotopic (exact) mass is 244 g/mol. The summed E-state index contributed by atoms with van der Waals surface area (Å²) in [5.74, 6) is 0. The first-order valence-electron chi connectivity index (χ1n) is 6.44. The summed E-state index contributed by atoms with van der Waals surface area (Å²) >= 11 is 0. The van der Waals surface area contributed by atoms with Crippen molar-refractivity contribution in [2.24, 2.45) is 0 Å². The molecule has 0 unspecified atom stereocenters. The molecule has 1 aromatic heterocycles. The van der Waals surface area contributed by atoms with Crippen LogP contribution in [0, 0.1) is 0 Å². The second-order valence-corrected chi connectivity index (χ2v) is 4.70. The third-order valence-corrected chi connectivity index (χ3v) is 2.72. The third kappa shape index (κ3) is 3.67. The number of hydrogen-bond donors (Lipinski definition) is 1. The molecular weight excluding hydrogens is 224 g/mol. The van der Waals surface area contributed by atoms with E-state index in [1.807, 2.05) is 29.1 Å². The van der Waals surface area contributed by atoms with Gasteiger partial charge in [0.1, 0.15) is 5.69 Å². The zero-order valence-corrected chi connectivity index (χ0v) is 11.0.